The maximum absolute atomic E-state index is 11.3. The molecular formula is C51H49O15S5-5. The van der Waals surface area contributed by atoms with Gasteiger partial charge >= 0.3 is 0 Å². The molecule has 0 N–H and O–H groups in total. The minimum Gasteiger partial charge on any atom is -0.744 e. The molecule has 0 aromatic heterocycles. The fourth-order valence-electron chi connectivity index (χ4n) is 7.53. The van der Waals surface area contributed by atoms with Crippen molar-refractivity contribution in [1.29, 1.82) is 0 Å². The van der Waals surface area contributed by atoms with Gasteiger partial charge in [-0.2, -0.15) is 0 Å². The van der Waals surface area contributed by atoms with Crippen molar-refractivity contribution in [1.82, 2.24) is 0 Å². The first-order valence-electron chi connectivity index (χ1n) is 21.0. The lowest BCUT2D eigenvalue weighted by Gasteiger charge is -2.14. The summed E-state index contributed by atoms with van der Waals surface area (Å²) < 4.78 is 162. The molecule has 0 saturated carbocycles. The summed E-state index contributed by atoms with van der Waals surface area (Å²) in [6.45, 7) is 16.6. The van der Waals surface area contributed by atoms with Gasteiger partial charge in [-0.25, -0.2) is 42.1 Å². The fraction of sp³-hybridized carbons (Fsp3) is 0.176. The van der Waals surface area contributed by atoms with Crippen molar-refractivity contribution in [3.05, 3.63) is 184 Å². The van der Waals surface area contributed by atoms with Crippen LogP contribution >= 0.6 is 0 Å². The fourth-order valence-corrected chi connectivity index (χ4v) is 10.7. The van der Waals surface area contributed by atoms with Crippen LogP contribution in [0.1, 0.15) is 50.1 Å². The molecule has 0 radical (unpaired) electrons. The Morgan fingerprint density at radius 1 is 0.282 bits per heavy atom. The third-order valence-corrected chi connectivity index (χ3v) is 14.7. The number of hydrogen-bond donors (Lipinski definition) is 0. The lowest BCUT2D eigenvalue weighted by atomic mass is 10.0. The predicted molar refractivity (Wildman–Crippen MR) is 267 cm³/mol. The second kappa shape index (κ2) is 22.7. The van der Waals surface area contributed by atoms with Gasteiger partial charge in [0.05, 0.1) is 24.5 Å². The molecule has 0 aliphatic heterocycles. The summed E-state index contributed by atoms with van der Waals surface area (Å²) >= 11 is 0. The molecule has 0 fully saturated rings. The van der Waals surface area contributed by atoms with Gasteiger partial charge in [0.1, 0.15) is 50.6 Å². The molecule has 0 unspecified atom stereocenters. The van der Waals surface area contributed by atoms with Crippen LogP contribution in [-0.4, -0.2) is 64.9 Å². The van der Waals surface area contributed by atoms with E-state index in [4.69, 9.17) is 0 Å². The van der Waals surface area contributed by atoms with Crippen LogP contribution in [0.5, 0.6) is 0 Å². The molecule has 0 aliphatic rings. The van der Waals surface area contributed by atoms with Gasteiger partial charge in [-0.15, -0.1) is 0 Å². The average molecular weight is 1060 g/mol. The van der Waals surface area contributed by atoms with Crippen molar-refractivity contribution in [3.63, 3.8) is 0 Å². The molecular weight excluding hydrogens is 1010 g/mol. The smallest absolute Gasteiger partial charge is 0.125 e. The normalized spacial score (nSPS) is 11.8. The molecule has 8 aromatic rings. The van der Waals surface area contributed by atoms with Crippen LogP contribution in [0.2, 0.25) is 0 Å². The van der Waals surface area contributed by atoms with Crippen molar-refractivity contribution < 1.29 is 64.9 Å². The SMILES string of the molecule is Cc1cc(C)c2c(S(=O)(=O)[O-])cc(C)cc2c1.Cc1cc(C)c2ccc(S(=O)(=O)[O-])cc2c1.Cc1cc(C)cc(S(=O)(=O)[O-])c1.Cc1ccc(S(=O)(=O)[O-])cc1.Cc1cccc2c(S(=O)(=O)[O-])cccc12. The Kier molecular flexibility index (Phi) is 18.4. The zero-order valence-electron chi connectivity index (χ0n) is 39.9. The van der Waals surface area contributed by atoms with Crippen LogP contribution in [0.15, 0.2) is 158 Å². The molecule has 0 aliphatic carbocycles. The average Bonchev–Trinajstić information content (AvgIpc) is 3.22. The predicted octanol–water partition coefficient (Wildman–Crippen LogP) is 9.19. The van der Waals surface area contributed by atoms with E-state index in [-0.39, 0.29) is 24.5 Å². The summed E-state index contributed by atoms with van der Waals surface area (Å²) in [5.41, 5.74) is 8.21. The number of rotatable bonds is 5. The maximum Gasteiger partial charge on any atom is 0.125 e. The number of fused-ring (bicyclic) bond motifs is 3. The Hall–Kier alpha value is -5.91. The van der Waals surface area contributed by atoms with Gasteiger partial charge in [0.2, 0.25) is 0 Å². The van der Waals surface area contributed by atoms with E-state index in [1.54, 1.807) is 63.2 Å². The highest BCUT2D eigenvalue weighted by Crippen LogP contribution is 2.30. The Morgan fingerprint density at radius 3 is 1.23 bits per heavy atom. The number of benzene rings is 8. The maximum atomic E-state index is 11.3. The van der Waals surface area contributed by atoms with Crippen LogP contribution in [0, 0.1) is 62.3 Å². The monoisotopic (exact) mass is 1060 g/mol. The van der Waals surface area contributed by atoms with E-state index in [9.17, 15) is 64.9 Å². The van der Waals surface area contributed by atoms with Crippen molar-refractivity contribution in [3.8, 4) is 0 Å². The highest BCUT2D eigenvalue weighted by atomic mass is 32.2. The Morgan fingerprint density at radius 2 is 0.718 bits per heavy atom. The van der Waals surface area contributed by atoms with E-state index in [0.29, 0.717) is 10.8 Å². The second-order valence-electron chi connectivity index (χ2n) is 16.7. The van der Waals surface area contributed by atoms with E-state index in [1.807, 2.05) is 84.0 Å². The molecule has 0 amide bonds. The van der Waals surface area contributed by atoms with E-state index in [0.717, 1.165) is 71.6 Å². The first kappa shape index (κ1) is 57.7. The quantitative estimate of drug-likeness (QED) is 0.145. The van der Waals surface area contributed by atoms with Gasteiger partial charge in [-0.3, -0.25) is 0 Å². The van der Waals surface area contributed by atoms with E-state index < -0.39 is 50.6 Å². The van der Waals surface area contributed by atoms with Crippen molar-refractivity contribution in [2.75, 3.05) is 0 Å². The minimum absolute atomic E-state index is 0.120. The summed E-state index contributed by atoms with van der Waals surface area (Å²) in [7, 11) is -21.8. The third-order valence-electron chi connectivity index (χ3n) is 10.5. The van der Waals surface area contributed by atoms with Gasteiger partial charge in [0, 0.05) is 5.39 Å². The summed E-state index contributed by atoms with van der Waals surface area (Å²) in [5.74, 6) is 0. The zero-order valence-corrected chi connectivity index (χ0v) is 43.9. The molecule has 0 atom stereocenters. The Balaban J connectivity index is 0.000000195. The van der Waals surface area contributed by atoms with E-state index in [2.05, 4.69) is 0 Å². The third kappa shape index (κ3) is 16.3. The Labute approximate surface area is 415 Å². The molecule has 0 spiro atoms. The molecule has 8 aromatic carbocycles. The van der Waals surface area contributed by atoms with Crippen LogP contribution in [0.3, 0.4) is 0 Å². The molecule has 8 rings (SSSR count). The van der Waals surface area contributed by atoms with Crippen LogP contribution in [0.4, 0.5) is 0 Å². The summed E-state index contributed by atoms with van der Waals surface area (Å²) in [4.78, 5) is -0.776. The van der Waals surface area contributed by atoms with Gasteiger partial charge in [0.15, 0.2) is 0 Å². The second-order valence-corrected chi connectivity index (χ2v) is 23.6. The number of aryl methyl sites for hydroxylation is 9. The molecule has 15 nitrogen and oxygen atoms in total. The summed E-state index contributed by atoms with van der Waals surface area (Å²) in [6, 6.07) is 35.8. The van der Waals surface area contributed by atoms with Gasteiger partial charge in [-0.05, 0) is 171 Å². The largest absolute Gasteiger partial charge is 0.744 e. The lowest BCUT2D eigenvalue weighted by Crippen LogP contribution is -2.01. The summed E-state index contributed by atoms with van der Waals surface area (Å²) in [6.07, 6.45) is 0. The van der Waals surface area contributed by atoms with Crippen LogP contribution < -0.4 is 0 Å². The summed E-state index contributed by atoms with van der Waals surface area (Å²) in [5, 5.41) is 4.39. The highest BCUT2D eigenvalue weighted by Gasteiger charge is 2.12. The van der Waals surface area contributed by atoms with Gasteiger partial charge in [0.25, 0.3) is 0 Å². The minimum atomic E-state index is -4.44. The first-order chi connectivity index (χ1) is 32.6. The topological polar surface area (TPSA) is 286 Å². The first-order valence-corrected chi connectivity index (χ1v) is 28.1. The van der Waals surface area contributed by atoms with Crippen molar-refractivity contribution in [2.45, 2.75) is 86.8 Å². The molecule has 0 bridgehead atoms. The highest BCUT2D eigenvalue weighted by molar-refractivity contribution is 7.86. The van der Waals surface area contributed by atoms with E-state index in [1.165, 1.54) is 48.5 Å². The van der Waals surface area contributed by atoms with Crippen molar-refractivity contribution >= 4 is 82.9 Å². The van der Waals surface area contributed by atoms with Gasteiger partial charge < -0.3 is 22.8 Å². The molecule has 71 heavy (non-hydrogen) atoms. The molecule has 378 valence electrons. The molecule has 20 heteroatoms. The molecule has 0 heterocycles. The van der Waals surface area contributed by atoms with Crippen LogP contribution in [-0.2, 0) is 50.6 Å². The Bertz CT molecular complexity index is 3850. The zero-order chi connectivity index (χ0) is 53.6. The standard InChI is InChI=1S/C13H14O3S.C12H12O3S.C11H10O3S.C8H10O3S.C7H8O3S/c1-8-4-10(3)13-11(5-8)6-9(2)7-12(13)17(14,15)16;1-8-5-9(2)12-4-3-11(16(13,14)15)7-10(12)6-8;1-8-4-2-6-10-9(8)5-3-7-11(10)15(12,13)14;1-6-3-7(2)5-8(4-6)12(9,10)11;1-6-2-4-7(5-3-6)11(8,9)10/h4-7H,1-3H3,(H,14,15,16);3-7H,1-2H3,(H,13,14,15);2-7H,1H3,(H,12,13,14);3-5H,1-2H3,(H,9,10,11);2-5H,1H3,(H,8,9,10)/p-5. The van der Waals surface area contributed by atoms with E-state index >= 15 is 0 Å². The lowest BCUT2D eigenvalue weighted by molar-refractivity contribution is 0.460. The van der Waals surface area contributed by atoms with Gasteiger partial charge in [-0.1, -0.05) is 102 Å². The number of hydrogen-bond acceptors (Lipinski definition) is 15. The molecule has 0 saturated heterocycles. The van der Waals surface area contributed by atoms with Crippen molar-refractivity contribution in [2.24, 2.45) is 0 Å². The van der Waals surface area contributed by atoms with Crippen LogP contribution in [0.25, 0.3) is 32.3 Å².